The van der Waals surface area contributed by atoms with Crippen molar-refractivity contribution in [3.8, 4) is 0 Å². The van der Waals surface area contributed by atoms with E-state index in [-0.39, 0.29) is 6.04 Å². The lowest BCUT2D eigenvalue weighted by atomic mass is 10.2. The van der Waals surface area contributed by atoms with E-state index >= 15 is 0 Å². The summed E-state index contributed by atoms with van der Waals surface area (Å²) < 4.78 is 5.38. The van der Waals surface area contributed by atoms with E-state index in [1.165, 1.54) is 12.8 Å². The first-order valence-electron chi connectivity index (χ1n) is 6.84. The van der Waals surface area contributed by atoms with Crippen molar-refractivity contribution in [2.75, 3.05) is 23.3 Å². The molecule has 4 nitrogen and oxygen atoms in total. The molecule has 0 radical (unpaired) electrons. The van der Waals surface area contributed by atoms with Gasteiger partial charge in [-0.1, -0.05) is 0 Å². The van der Waals surface area contributed by atoms with Crippen LogP contribution in [0.25, 0.3) is 0 Å². The normalized spacial score (nSPS) is 16.6. The second-order valence-electron chi connectivity index (χ2n) is 4.98. The summed E-state index contributed by atoms with van der Waals surface area (Å²) in [4.78, 5) is 6.86. The zero-order chi connectivity index (χ0) is 13.1. The average Bonchev–Trinajstić information content (AvgIpc) is 3.13. The fourth-order valence-electron chi connectivity index (χ4n) is 2.46. The first-order valence-corrected chi connectivity index (χ1v) is 6.84. The van der Waals surface area contributed by atoms with Crippen LogP contribution in [0.2, 0.25) is 0 Å². The smallest absolute Gasteiger partial charge is 0.128 e. The van der Waals surface area contributed by atoms with Gasteiger partial charge in [-0.25, -0.2) is 4.98 Å². The Labute approximate surface area is 113 Å². The Hall–Kier alpha value is -1.97. The first kappa shape index (κ1) is 12.1. The summed E-state index contributed by atoms with van der Waals surface area (Å²) in [7, 11) is 0. The predicted octanol–water partition coefficient (Wildman–Crippen LogP) is 3.45. The molecule has 1 aliphatic rings. The Kier molecular flexibility index (Phi) is 3.40. The summed E-state index contributed by atoms with van der Waals surface area (Å²) in [5, 5.41) is 3.39. The Morgan fingerprint density at radius 1 is 1.26 bits per heavy atom. The third-order valence-electron chi connectivity index (χ3n) is 3.53. The first-order chi connectivity index (χ1) is 9.33. The highest BCUT2D eigenvalue weighted by molar-refractivity contribution is 5.49. The second-order valence-corrected chi connectivity index (χ2v) is 4.98. The van der Waals surface area contributed by atoms with Crippen molar-refractivity contribution in [1.29, 1.82) is 0 Å². The molecule has 1 aliphatic heterocycles. The van der Waals surface area contributed by atoms with Gasteiger partial charge >= 0.3 is 0 Å². The monoisotopic (exact) mass is 257 g/mol. The van der Waals surface area contributed by atoms with Gasteiger partial charge in [-0.15, -0.1) is 0 Å². The third kappa shape index (κ3) is 2.72. The number of hydrogen-bond donors (Lipinski definition) is 1. The molecule has 0 aromatic carbocycles. The summed E-state index contributed by atoms with van der Waals surface area (Å²) in [6.45, 7) is 4.33. The summed E-state index contributed by atoms with van der Waals surface area (Å²) in [5.41, 5.74) is 1.02. The van der Waals surface area contributed by atoms with E-state index in [2.05, 4.69) is 34.3 Å². The van der Waals surface area contributed by atoms with Crippen LogP contribution in [-0.4, -0.2) is 18.1 Å². The fraction of sp³-hybridized carbons (Fsp3) is 0.400. The molecule has 1 atom stereocenters. The second kappa shape index (κ2) is 5.34. The molecule has 4 heteroatoms. The number of pyridine rings is 1. The SMILES string of the molecule is CC(Nc1ccc(N2CCCC2)nc1)c1ccco1. The standard InChI is InChI=1S/C15H19N3O/c1-12(14-5-4-10-19-14)17-13-6-7-15(16-11-13)18-8-2-3-9-18/h4-7,10-12,17H,2-3,8-9H2,1H3. The number of nitrogens with one attached hydrogen (secondary N) is 1. The molecular formula is C15H19N3O. The summed E-state index contributed by atoms with van der Waals surface area (Å²) in [6.07, 6.45) is 6.14. The minimum Gasteiger partial charge on any atom is -0.467 e. The van der Waals surface area contributed by atoms with Gasteiger partial charge in [-0.05, 0) is 44.0 Å². The van der Waals surface area contributed by atoms with Gasteiger partial charge in [-0.3, -0.25) is 0 Å². The average molecular weight is 257 g/mol. The molecule has 0 aliphatic carbocycles. The number of rotatable bonds is 4. The molecule has 2 aromatic rings. The topological polar surface area (TPSA) is 41.3 Å². The molecule has 0 bridgehead atoms. The Bertz CT molecular complexity index is 501. The number of anilines is 2. The molecule has 1 unspecified atom stereocenters. The number of nitrogens with zero attached hydrogens (tertiary/aromatic N) is 2. The van der Waals surface area contributed by atoms with Crippen molar-refractivity contribution in [2.24, 2.45) is 0 Å². The van der Waals surface area contributed by atoms with Crippen LogP contribution in [0.3, 0.4) is 0 Å². The molecule has 19 heavy (non-hydrogen) atoms. The molecule has 2 aromatic heterocycles. The zero-order valence-electron chi connectivity index (χ0n) is 11.2. The number of furan rings is 1. The van der Waals surface area contributed by atoms with Crippen molar-refractivity contribution in [3.05, 3.63) is 42.5 Å². The van der Waals surface area contributed by atoms with Crippen molar-refractivity contribution in [3.63, 3.8) is 0 Å². The van der Waals surface area contributed by atoms with E-state index in [9.17, 15) is 0 Å². The van der Waals surface area contributed by atoms with Crippen LogP contribution >= 0.6 is 0 Å². The maximum absolute atomic E-state index is 5.38. The van der Waals surface area contributed by atoms with E-state index in [0.717, 1.165) is 30.4 Å². The molecule has 1 N–H and O–H groups in total. The van der Waals surface area contributed by atoms with Crippen LogP contribution in [0.5, 0.6) is 0 Å². The lowest BCUT2D eigenvalue weighted by molar-refractivity contribution is 0.490. The lowest BCUT2D eigenvalue weighted by Crippen LogP contribution is -2.18. The molecule has 3 rings (SSSR count). The van der Waals surface area contributed by atoms with E-state index in [4.69, 9.17) is 4.42 Å². The van der Waals surface area contributed by atoms with Gasteiger partial charge in [0.15, 0.2) is 0 Å². The van der Waals surface area contributed by atoms with Crippen LogP contribution in [-0.2, 0) is 0 Å². The van der Waals surface area contributed by atoms with E-state index in [1.54, 1.807) is 6.26 Å². The van der Waals surface area contributed by atoms with E-state index in [0.29, 0.717) is 0 Å². The van der Waals surface area contributed by atoms with Crippen molar-refractivity contribution in [2.45, 2.75) is 25.8 Å². The van der Waals surface area contributed by atoms with Gasteiger partial charge in [0.25, 0.3) is 0 Å². The predicted molar refractivity (Wildman–Crippen MR) is 76.4 cm³/mol. The highest BCUT2D eigenvalue weighted by Gasteiger charge is 2.13. The third-order valence-corrected chi connectivity index (χ3v) is 3.53. The quantitative estimate of drug-likeness (QED) is 0.911. The Balaban J connectivity index is 1.65. The summed E-state index contributed by atoms with van der Waals surface area (Å²) in [5.74, 6) is 2.01. The van der Waals surface area contributed by atoms with Crippen molar-refractivity contribution < 1.29 is 4.42 Å². The molecule has 1 saturated heterocycles. The maximum Gasteiger partial charge on any atom is 0.128 e. The van der Waals surface area contributed by atoms with Crippen LogP contribution in [0, 0.1) is 0 Å². The number of hydrogen-bond acceptors (Lipinski definition) is 4. The highest BCUT2D eigenvalue weighted by atomic mass is 16.3. The van der Waals surface area contributed by atoms with E-state index in [1.807, 2.05) is 18.3 Å². The maximum atomic E-state index is 5.38. The van der Waals surface area contributed by atoms with Gasteiger partial charge in [0.05, 0.1) is 24.2 Å². The van der Waals surface area contributed by atoms with E-state index < -0.39 is 0 Å². The zero-order valence-corrected chi connectivity index (χ0v) is 11.2. The molecule has 1 fully saturated rings. The highest BCUT2D eigenvalue weighted by Crippen LogP contribution is 2.22. The van der Waals surface area contributed by atoms with Gasteiger partial charge in [-0.2, -0.15) is 0 Å². The minimum absolute atomic E-state index is 0.148. The van der Waals surface area contributed by atoms with Gasteiger partial charge in [0, 0.05) is 13.1 Å². The van der Waals surface area contributed by atoms with Crippen molar-refractivity contribution in [1.82, 2.24) is 4.98 Å². The van der Waals surface area contributed by atoms with Crippen molar-refractivity contribution >= 4 is 11.5 Å². The summed E-state index contributed by atoms with van der Waals surface area (Å²) >= 11 is 0. The van der Waals surface area contributed by atoms with Crippen LogP contribution in [0.15, 0.2) is 41.1 Å². The minimum atomic E-state index is 0.148. The van der Waals surface area contributed by atoms with Crippen LogP contribution in [0.1, 0.15) is 31.6 Å². The molecule has 3 heterocycles. The molecule has 0 spiro atoms. The lowest BCUT2D eigenvalue weighted by Gasteiger charge is -2.17. The van der Waals surface area contributed by atoms with Gasteiger partial charge < -0.3 is 14.6 Å². The van der Waals surface area contributed by atoms with Gasteiger partial charge in [0.1, 0.15) is 11.6 Å². The van der Waals surface area contributed by atoms with Gasteiger partial charge in [0.2, 0.25) is 0 Å². The van der Waals surface area contributed by atoms with Crippen LogP contribution in [0.4, 0.5) is 11.5 Å². The number of aromatic nitrogens is 1. The molecular weight excluding hydrogens is 238 g/mol. The largest absolute Gasteiger partial charge is 0.467 e. The molecule has 0 saturated carbocycles. The fourth-order valence-corrected chi connectivity index (χ4v) is 2.46. The molecule has 0 amide bonds. The Morgan fingerprint density at radius 2 is 2.11 bits per heavy atom. The molecule has 100 valence electrons. The van der Waals surface area contributed by atoms with Crippen LogP contribution < -0.4 is 10.2 Å². The summed E-state index contributed by atoms with van der Waals surface area (Å²) in [6, 6.07) is 8.20. The Morgan fingerprint density at radius 3 is 2.74 bits per heavy atom.